The van der Waals surface area contributed by atoms with Crippen molar-refractivity contribution in [2.45, 2.75) is 46.1 Å². The molecule has 0 saturated heterocycles. The fourth-order valence-electron chi connectivity index (χ4n) is 2.76. The van der Waals surface area contributed by atoms with Gasteiger partial charge in [-0.2, -0.15) is 0 Å². The van der Waals surface area contributed by atoms with Crippen molar-refractivity contribution in [1.29, 1.82) is 0 Å². The lowest BCUT2D eigenvalue weighted by atomic mass is 9.88. The van der Waals surface area contributed by atoms with E-state index in [1.165, 1.54) is 18.4 Å². The highest BCUT2D eigenvalue weighted by Gasteiger charge is 2.34. The van der Waals surface area contributed by atoms with E-state index in [0.717, 1.165) is 24.4 Å². The summed E-state index contributed by atoms with van der Waals surface area (Å²) in [4.78, 5) is 0. The number of nitrogens with one attached hydrogen (secondary N) is 1. The Labute approximate surface area is 110 Å². The number of benzene rings is 1. The molecule has 0 amide bonds. The van der Waals surface area contributed by atoms with Crippen LogP contribution < -0.4 is 5.32 Å². The molecule has 0 aromatic heterocycles. The summed E-state index contributed by atoms with van der Waals surface area (Å²) in [5.41, 5.74) is 2.33. The quantitative estimate of drug-likeness (QED) is 0.796. The molecule has 0 radical (unpaired) electrons. The topological polar surface area (TPSA) is 12.0 Å². The first-order valence-corrected chi connectivity index (χ1v) is 7.13. The van der Waals surface area contributed by atoms with Crippen molar-refractivity contribution in [3.8, 4) is 0 Å². The van der Waals surface area contributed by atoms with Crippen LogP contribution >= 0.6 is 0 Å². The zero-order valence-corrected chi connectivity index (χ0v) is 11.7. The Hall–Kier alpha value is -0.890. The second-order valence-corrected chi connectivity index (χ2v) is 5.63. The summed E-state index contributed by atoms with van der Waals surface area (Å²) in [5, 5.41) is 3.64. The first kappa shape index (κ1) is 13.5. The zero-order valence-electron chi connectivity index (χ0n) is 11.7. The van der Waals surface area contributed by atoms with Gasteiger partial charge < -0.3 is 5.32 Å². The van der Waals surface area contributed by atoms with Gasteiger partial charge >= 0.3 is 0 Å². The minimum Gasteiger partial charge on any atom is -0.310 e. The molecule has 2 rings (SSSR count). The highest BCUT2D eigenvalue weighted by atomic mass is 19.1. The van der Waals surface area contributed by atoms with E-state index in [9.17, 15) is 4.39 Å². The van der Waals surface area contributed by atoms with Crippen molar-refractivity contribution in [1.82, 2.24) is 5.32 Å². The van der Waals surface area contributed by atoms with Gasteiger partial charge in [-0.1, -0.05) is 19.9 Å². The smallest absolute Gasteiger partial charge is 0.123 e. The third kappa shape index (κ3) is 3.11. The van der Waals surface area contributed by atoms with Crippen LogP contribution in [0, 0.1) is 24.6 Å². The SMILES string of the molecule is CCCNC(c1ccc(F)cc1C)C(C)C1CC1. The van der Waals surface area contributed by atoms with Crippen molar-refractivity contribution >= 4 is 0 Å². The van der Waals surface area contributed by atoms with Crippen LogP contribution in [0.3, 0.4) is 0 Å². The number of hydrogen-bond donors (Lipinski definition) is 1. The van der Waals surface area contributed by atoms with Crippen LogP contribution in [0.25, 0.3) is 0 Å². The summed E-state index contributed by atoms with van der Waals surface area (Å²) in [6, 6.07) is 5.56. The first-order valence-electron chi connectivity index (χ1n) is 7.13. The first-order chi connectivity index (χ1) is 8.63. The average molecular weight is 249 g/mol. The molecule has 1 aliphatic rings. The van der Waals surface area contributed by atoms with E-state index in [4.69, 9.17) is 0 Å². The Balaban J connectivity index is 2.20. The van der Waals surface area contributed by atoms with Gasteiger partial charge in [0.2, 0.25) is 0 Å². The molecule has 2 heteroatoms. The van der Waals surface area contributed by atoms with Crippen LogP contribution in [0.15, 0.2) is 18.2 Å². The molecule has 0 bridgehead atoms. The molecule has 1 nitrogen and oxygen atoms in total. The lowest BCUT2D eigenvalue weighted by Crippen LogP contribution is -2.29. The maximum atomic E-state index is 13.2. The molecule has 1 saturated carbocycles. The van der Waals surface area contributed by atoms with Crippen molar-refractivity contribution in [2.24, 2.45) is 11.8 Å². The number of halogens is 1. The van der Waals surface area contributed by atoms with Gasteiger partial charge in [-0.15, -0.1) is 0 Å². The Morgan fingerprint density at radius 3 is 2.67 bits per heavy atom. The summed E-state index contributed by atoms with van der Waals surface area (Å²) in [5.74, 6) is 1.36. The minimum atomic E-state index is -0.135. The molecule has 1 aliphatic carbocycles. The predicted octanol–water partition coefficient (Wildman–Crippen LogP) is 4.22. The highest BCUT2D eigenvalue weighted by molar-refractivity contribution is 5.30. The molecule has 1 aromatic carbocycles. The van der Waals surface area contributed by atoms with Gasteiger partial charge in [-0.25, -0.2) is 4.39 Å². The van der Waals surface area contributed by atoms with Gasteiger partial charge in [0.1, 0.15) is 5.82 Å². The third-order valence-corrected chi connectivity index (χ3v) is 4.07. The maximum Gasteiger partial charge on any atom is 0.123 e. The predicted molar refractivity (Wildman–Crippen MR) is 74.1 cm³/mol. The van der Waals surface area contributed by atoms with E-state index in [-0.39, 0.29) is 5.82 Å². The van der Waals surface area contributed by atoms with E-state index >= 15 is 0 Å². The van der Waals surface area contributed by atoms with Crippen LogP contribution in [0.1, 0.15) is 50.3 Å². The summed E-state index contributed by atoms with van der Waals surface area (Å²) in [6.07, 6.45) is 3.84. The van der Waals surface area contributed by atoms with Crippen molar-refractivity contribution < 1.29 is 4.39 Å². The second kappa shape index (κ2) is 5.83. The minimum absolute atomic E-state index is 0.135. The molecule has 18 heavy (non-hydrogen) atoms. The lowest BCUT2D eigenvalue weighted by molar-refractivity contribution is 0.348. The molecule has 100 valence electrons. The number of aryl methyl sites for hydroxylation is 1. The van der Waals surface area contributed by atoms with E-state index < -0.39 is 0 Å². The molecule has 2 unspecified atom stereocenters. The largest absolute Gasteiger partial charge is 0.310 e. The van der Waals surface area contributed by atoms with Gasteiger partial charge in [0, 0.05) is 6.04 Å². The van der Waals surface area contributed by atoms with E-state index in [2.05, 4.69) is 19.2 Å². The molecule has 0 heterocycles. The van der Waals surface area contributed by atoms with E-state index in [0.29, 0.717) is 12.0 Å². The molecule has 1 N–H and O–H groups in total. The van der Waals surface area contributed by atoms with Gasteiger partial charge in [0.15, 0.2) is 0 Å². The second-order valence-electron chi connectivity index (χ2n) is 5.63. The molecule has 2 atom stereocenters. The summed E-state index contributed by atoms with van der Waals surface area (Å²) in [6.45, 7) is 7.55. The van der Waals surface area contributed by atoms with Crippen molar-refractivity contribution in [3.05, 3.63) is 35.1 Å². The molecule has 1 aromatic rings. The van der Waals surface area contributed by atoms with Gasteiger partial charge in [-0.3, -0.25) is 0 Å². The molecular formula is C16H24FN. The molecule has 1 fully saturated rings. The monoisotopic (exact) mass is 249 g/mol. The highest BCUT2D eigenvalue weighted by Crippen LogP contribution is 2.43. The fraction of sp³-hybridized carbons (Fsp3) is 0.625. The zero-order chi connectivity index (χ0) is 13.1. The van der Waals surface area contributed by atoms with Gasteiger partial charge in [-0.05, 0) is 67.8 Å². The number of hydrogen-bond acceptors (Lipinski definition) is 1. The van der Waals surface area contributed by atoms with Crippen LogP contribution in [0.2, 0.25) is 0 Å². The summed E-state index contributed by atoms with van der Waals surface area (Å²) < 4.78 is 13.2. The maximum absolute atomic E-state index is 13.2. The normalized spacial score (nSPS) is 18.7. The Morgan fingerprint density at radius 1 is 1.39 bits per heavy atom. The van der Waals surface area contributed by atoms with Crippen LogP contribution in [-0.2, 0) is 0 Å². The van der Waals surface area contributed by atoms with Gasteiger partial charge in [0.05, 0.1) is 0 Å². The third-order valence-electron chi connectivity index (χ3n) is 4.07. The molecule has 0 aliphatic heterocycles. The Bertz CT molecular complexity index is 398. The number of rotatable bonds is 6. The van der Waals surface area contributed by atoms with E-state index in [1.54, 1.807) is 12.1 Å². The molecular weight excluding hydrogens is 225 g/mol. The van der Waals surface area contributed by atoms with Crippen molar-refractivity contribution in [2.75, 3.05) is 6.54 Å². The average Bonchev–Trinajstić information content (AvgIpc) is 3.15. The molecule has 0 spiro atoms. The standard InChI is InChI=1S/C16H24FN/c1-4-9-18-16(12(3)13-5-6-13)15-8-7-14(17)10-11(15)2/h7-8,10,12-13,16,18H,4-6,9H2,1-3H3. The van der Waals surface area contributed by atoms with E-state index in [1.807, 2.05) is 13.0 Å². The fourth-order valence-corrected chi connectivity index (χ4v) is 2.76. The van der Waals surface area contributed by atoms with Crippen LogP contribution in [0.4, 0.5) is 4.39 Å². The van der Waals surface area contributed by atoms with Crippen molar-refractivity contribution in [3.63, 3.8) is 0 Å². The lowest BCUT2D eigenvalue weighted by Gasteiger charge is -2.27. The Morgan fingerprint density at radius 2 is 2.11 bits per heavy atom. The summed E-state index contributed by atoms with van der Waals surface area (Å²) in [7, 11) is 0. The van der Waals surface area contributed by atoms with Crippen LogP contribution in [-0.4, -0.2) is 6.54 Å². The Kier molecular flexibility index (Phi) is 4.39. The van der Waals surface area contributed by atoms with Crippen LogP contribution in [0.5, 0.6) is 0 Å². The van der Waals surface area contributed by atoms with Gasteiger partial charge in [0.25, 0.3) is 0 Å². The summed E-state index contributed by atoms with van der Waals surface area (Å²) >= 11 is 0.